The van der Waals surface area contributed by atoms with Gasteiger partial charge in [-0.1, -0.05) is 0 Å². The van der Waals surface area contributed by atoms with Crippen LogP contribution in [-0.4, -0.2) is 30.2 Å². The van der Waals surface area contributed by atoms with Gasteiger partial charge in [-0.15, -0.1) is 23.2 Å². The molecule has 4 nitrogen and oxygen atoms in total. The Balaban J connectivity index is 3.27. The highest BCUT2D eigenvalue weighted by Gasteiger charge is 1.98. The maximum absolute atomic E-state index is 10.5. The van der Waals surface area contributed by atoms with Crippen molar-refractivity contribution in [3.63, 3.8) is 0 Å². The van der Waals surface area contributed by atoms with Crippen molar-refractivity contribution >= 4 is 35.0 Å². The van der Waals surface area contributed by atoms with Crippen LogP contribution in [-0.2, 0) is 9.59 Å². The summed E-state index contributed by atoms with van der Waals surface area (Å²) in [5, 5.41) is 4.67. The summed E-state index contributed by atoms with van der Waals surface area (Å²) in [4.78, 5) is 20.9. The van der Waals surface area contributed by atoms with Crippen molar-refractivity contribution in [2.24, 2.45) is 0 Å². The molecule has 0 atom stereocenters. The van der Waals surface area contributed by atoms with E-state index in [1.807, 2.05) is 0 Å². The number of rotatable bonds is 4. The van der Waals surface area contributed by atoms with Gasteiger partial charge in [0.15, 0.2) is 0 Å². The van der Waals surface area contributed by atoms with Gasteiger partial charge in [0.25, 0.3) is 0 Å². The lowest BCUT2D eigenvalue weighted by Crippen LogP contribution is -2.38. The Hall–Kier alpha value is -0.480. The molecule has 0 rings (SSSR count). The smallest absolute Gasteiger partial charge is 0.236 e. The van der Waals surface area contributed by atoms with Crippen LogP contribution in [0.5, 0.6) is 0 Å². The standard InChI is InChI=1S/C5H8Cl2N2O2/c6-1-4(10)8-3-9-5(11)2-7/h1-3H2,(H,8,10)(H,9,11). The molecule has 2 N–H and O–H groups in total. The lowest BCUT2D eigenvalue weighted by molar-refractivity contribution is -0.120. The fourth-order valence-corrected chi connectivity index (χ4v) is 0.525. The van der Waals surface area contributed by atoms with Crippen molar-refractivity contribution in [3.8, 4) is 0 Å². The van der Waals surface area contributed by atoms with Crippen molar-refractivity contribution in [3.05, 3.63) is 0 Å². The van der Waals surface area contributed by atoms with E-state index in [4.69, 9.17) is 23.2 Å². The molecule has 11 heavy (non-hydrogen) atoms. The first-order valence-corrected chi connectivity index (χ1v) is 3.93. The van der Waals surface area contributed by atoms with Gasteiger partial charge in [0.05, 0.1) is 6.67 Å². The zero-order valence-corrected chi connectivity index (χ0v) is 7.21. The monoisotopic (exact) mass is 198 g/mol. The summed E-state index contributed by atoms with van der Waals surface area (Å²) in [5.74, 6) is -0.892. The second-order valence-electron chi connectivity index (χ2n) is 1.64. The molecular formula is C5H8Cl2N2O2. The Bertz CT molecular complexity index is 135. The lowest BCUT2D eigenvalue weighted by atomic mass is 10.6. The molecule has 0 heterocycles. The third-order valence-corrected chi connectivity index (χ3v) is 1.30. The Labute approximate surface area is 74.2 Å². The molecule has 2 amide bonds. The predicted molar refractivity (Wildman–Crippen MR) is 42.6 cm³/mol. The number of amides is 2. The number of alkyl halides is 2. The van der Waals surface area contributed by atoms with Crippen LogP contribution in [0.2, 0.25) is 0 Å². The molecule has 0 aromatic carbocycles. The minimum absolute atomic E-state index is 0.0666. The zero-order chi connectivity index (χ0) is 8.69. The second kappa shape index (κ2) is 6.24. The summed E-state index contributed by atoms with van der Waals surface area (Å²) in [7, 11) is 0. The van der Waals surface area contributed by atoms with E-state index in [1.54, 1.807) is 0 Å². The van der Waals surface area contributed by atoms with Crippen molar-refractivity contribution in [1.82, 2.24) is 10.6 Å². The number of hydrogen-bond acceptors (Lipinski definition) is 2. The third-order valence-electron chi connectivity index (χ3n) is 0.814. The second-order valence-corrected chi connectivity index (χ2v) is 2.18. The molecule has 0 saturated carbocycles. The largest absolute Gasteiger partial charge is 0.338 e. The quantitative estimate of drug-likeness (QED) is 0.480. The van der Waals surface area contributed by atoms with E-state index >= 15 is 0 Å². The molecule has 0 aliphatic rings. The Morgan fingerprint density at radius 1 is 1.00 bits per heavy atom. The van der Waals surface area contributed by atoms with Gasteiger partial charge in [-0.05, 0) is 0 Å². The minimum Gasteiger partial charge on any atom is -0.338 e. The number of carbonyl (C=O) groups is 2. The third kappa shape index (κ3) is 5.94. The summed E-state index contributed by atoms with van der Waals surface area (Å²) < 4.78 is 0. The first-order valence-electron chi connectivity index (χ1n) is 2.86. The van der Waals surface area contributed by atoms with Gasteiger partial charge in [-0.25, -0.2) is 0 Å². The van der Waals surface area contributed by atoms with Crippen LogP contribution in [0.1, 0.15) is 0 Å². The van der Waals surface area contributed by atoms with Gasteiger partial charge in [0.1, 0.15) is 11.8 Å². The van der Waals surface area contributed by atoms with Gasteiger partial charge in [0, 0.05) is 0 Å². The first-order chi connectivity index (χ1) is 5.20. The average Bonchev–Trinajstić information content (AvgIpc) is 2.04. The van der Waals surface area contributed by atoms with Crippen LogP contribution in [0.4, 0.5) is 0 Å². The molecule has 0 saturated heterocycles. The van der Waals surface area contributed by atoms with E-state index in [2.05, 4.69) is 10.6 Å². The van der Waals surface area contributed by atoms with E-state index in [-0.39, 0.29) is 30.2 Å². The molecular weight excluding hydrogens is 191 g/mol. The van der Waals surface area contributed by atoms with Crippen molar-refractivity contribution in [1.29, 1.82) is 0 Å². The molecule has 0 spiro atoms. The van der Waals surface area contributed by atoms with Crippen molar-refractivity contribution in [2.45, 2.75) is 0 Å². The van der Waals surface area contributed by atoms with Crippen molar-refractivity contribution < 1.29 is 9.59 Å². The molecule has 64 valence electrons. The van der Waals surface area contributed by atoms with Crippen molar-refractivity contribution in [2.75, 3.05) is 18.4 Å². The highest BCUT2D eigenvalue weighted by Crippen LogP contribution is 1.74. The first kappa shape index (κ1) is 10.5. The van der Waals surface area contributed by atoms with Gasteiger partial charge in [0.2, 0.25) is 11.8 Å². The van der Waals surface area contributed by atoms with Crippen LogP contribution >= 0.6 is 23.2 Å². The predicted octanol–water partition coefficient (Wildman–Crippen LogP) is -0.346. The topological polar surface area (TPSA) is 58.2 Å². The van der Waals surface area contributed by atoms with E-state index < -0.39 is 0 Å². The number of hydrogen-bond donors (Lipinski definition) is 2. The summed E-state index contributed by atoms with van der Waals surface area (Å²) in [6.45, 7) is 0.0666. The molecule has 0 bridgehead atoms. The number of nitrogens with one attached hydrogen (secondary N) is 2. The fraction of sp³-hybridized carbons (Fsp3) is 0.600. The molecule has 0 aliphatic heterocycles. The molecule has 0 fully saturated rings. The highest BCUT2D eigenvalue weighted by molar-refractivity contribution is 6.27. The molecule has 0 aromatic rings. The van der Waals surface area contributed by atoms with Crippen LogP contribution in [0.15, 0.2) is 0 Å². The van der Waals surface area contributed by atoms with E-state index in [1.165, 1.54) is 0 Å². The van der Waals surface area contributed by atoms with Crippen LogP contribution in [0.3, 0.4) is 0 Å². The molecule has 0 aliphatic carbocycles. The van der Waals surface area contributed by atoms with Gasteiger partial charge >= 0.3 is 0 Å². The normalized spacial score (nSPS) is 8.91. The molecule has 0 aromatic heterocycles. The maximum Gasteiger partial charge on any atom is 0.236 e. The Morgan fingerprint density at radius 3 is 1.64 bits per heavy atom. The number of halogens is 2. The minimum atomic E-state index is -0.332. The van der Waals surface area contributed by atoms with Crippen LogP contribution in [0, 0.1) is 0 Å². The van der Waals surface area contributed by atoms with E-state index in [0.717, 1.165) is 0 Å². The fourth-order valence-electron chi connectivity index (χ4n) is 0.336. The molecule has 0 unspecified atom stereocenters. The molecule has 0 radical (unpaired) electrons. The summed E-state index contributed by atoms with van der Waals surface area (Å²) in [6.07, 6.45) is 0. The summed E-state index contributed by atoms with van der Waals surface area (Å²) >= 11 is 10.3. The SMILES string of the molecule is O=C(CCl)NCNC(=O)CCl. The summed E-state index contributed by atoms with van der Waals surface area (Å²) in [6, 6.07) is 0. The highest BCUT2D eigenvalue weighted by atomic mass is 35.5. The zero-order valence-electron chi connectivity index (χ0n) is 5.69. The number of carbonyl (C=O) groups excluding carboxylic acids is 2. The maximum atomic E-state index is 10.5. The lowest BCUT2D eigenvalue weighted by Gasteiger charge is -2.02. The van der Waals surface area contributed by atoms with Gasteiger partial charge in [-0.3, -0.25) is 9.59 Å². The van der Waals surface area contributed by atoms with E-state index in [9.17, 15) is 9.59 Å². The van der Waals surface area contributed by atoms with Gasteiger partial charge < -0.3 is 10.6 Å². The summed E-state index contributed by atoms with van der Waals surface area (Å²) in [5.41, 5.74) is 0. The Kier molecular flexibility index (Phi) is 5.97. The molecule has 6 heteroatoms. The van der Waals surface area contributed by atoms with Gasteiger partial charge in [-0.2, -0.15) is 0 Å². The van der Waals surface area contributed by atoms with Crippen LogP contribution < -0.4 is 10.6 Å². The Morgan fingerprint density at radius 2 is 1.36 bits per heavy atom. The van der Waals surface area contributed by atoms with Crippen LogP contribution in [0.25, 0.3) is 0 Å². The average molecular weight is 199 g/mol. The van der Waals surface area contributed by atoms with E-state index in [0.29, 0.717) is 0 Å².